The van der Waals surface area contributed by atoms with Crippen molar-refractivity contribution in [1.82, 2.24) is 18.9 Å². The van der Waals surface area contributed by atoms with E-state index in [1.165, 1.54) is 0 Å². The molecule has 0 amide bonds. The molecule has 2 aromatic carbocycles. The van der Waals surface area contributed by atoms with Crippen molar-refractivity contribution in [1.29, 1.82) is 0 Å². The van der Waals surface area contributed by atoms with Gasteiger partial charge < -0.3 is 5.32 Å². The average Bonchev–Trinajstić information content (AvgIpc) is 3.24. The summed E-state index contributed by atoms with van der Waals surface area (Å²) < 4.78 is 30.3. The second-order valence-electron chi connectivity index (χ2n) is 8.52. The van der Waals surface area contributed by atoms with E-state index in [9.17, 15) is 8.42 Å². The van der Waals surface area contributed by atoms with E-state index >= 15 is 0 Å². The molecule has 1 N–H and O–H groups in total. The quantitative estimate of drug-likeness (QED) is 0.353. The molecule has 11 heteroatoms. The van der Waals surface area contributed by atoms with Crippen LogP contribution in [-0.2, 0) is 10.0 Å². The maximum absolute atomic E-state index is 13.3. The van der Waals surface area contributed by atoms with Gasteiger partial charge in [0, 0.05) is 47.0 Å². The lowest BCUT2D eigenvalue weighted by atomic mass is 9.99. The number of aromatic nitrogens is 3. The normalized spacial score (nSPS) is 17.0. The van der Waals surface area contributed by atoms with Crippen LogP contribution in [0.15, 0.2) is 70.2 Å². The molecule has 0 saturated carbocycles. The molecule has 1 fully saturated rings. The number of hydrogen-bond acceptors (Lipinski definition) is 5. The zero-order valence-electron chi connectivity index (χ0n) is 18.7. The number of benzene rings is 2. The maximum Gasteiger partial charge on any atom is 0.244 e. The van der Waals surface area contributed by atoms with Crippen molar-refractivity contribution in [3.05, 3.63) is 70.3 Å². The fourth-order valence-electron chi connectivity index (χ4n) is 4.37. The molecule has 1 aliphatic rings. The van der Waals surface area contributed by atoms with Gasteiger partial charge in [0.25, 0.3) is 0 Å². The van der Waals surface area contributed by atoms with Crippen LogP contribution in [0.25, 0.3) is 16.9 Å². The second-order valence-corrected chi connectivity index (χ2v) is 11.7. The molecular weight excluding hydrogens is 549 g/mol. The number of nitrogens with zero attached hydrogens (tertiary/aromatic N) is 4. The van der Waals surface area contributed by atoms with Crippen LogP contribution in [0.5, 0.6) is 0 Å². The molecule has 1 aliphatic heterocycles. The molecule has 0 spiro atoms. The molecule has 178 valence electrons. The van der Waals surface area contributed by atoms with Crippen LogP contribution in [0.1, 0.15) is 12.8 Å². The lowest BCUT2D eigenvalue weighted by molar-refractivity contribution is 0.275. The van der Waals surface area contributed by atoms with Crippen molar-refractivity contribution >= 4 is 62.3 Å². The number of sulfonamides is 1. The minimum Gasteiger partial charge on any atom is -0.370 e. The Hall–Kier alpha value is -2.40. The third-order valence-electron chi connectivity index (χ3n) is 6.16. The third-order valence-corrected chi connectivity index (χ3v) is 9.36. The van der Waals surface area contributed by atoms with Gasteiger partial charge in [-0.3, -0.25) is 0 Å². The summed E-state index contributed by atoms with van der Waals surface area (Å²) in [5.41, 5.74) is 2.47. The lowest BCUT2D eigenvalue weighted by Crippen LogP contribution is -2.42. The second kappa shape index (κ2) is 9.93. The molecule has 2 radical (unpaired) electrons. The van der Waals surface area contributed by atoms with E-state index in [0.717, 1.165) is 18.4 Å². The Balaban J connectivity index is 1.39. The van der Waals surface area contributed by atoms with E-state index < -0.39 is 10.0 Å². The highest BCUT2D eigenvalue weighted by atomic mass is 79.9. The SMILES string of the molecule is [B]c1cnn2c(NCC3CCCN(S(=O)(=O)c4ccccc4Br)C3)cc(-c3ccccc3Cl)nc12. The van der Waals surface area contributed by atoms with Crippen LogP contribution in [0.2, 0.25) is 5.02 Å². The van der Waals surface area contributed by atoms with Crippen LogP contribution in [-0.4, -0.2) is 54.8 Å². The van der Waals surface area contributed by atoms with Crippen LogP contribution < -0.4 is 10.8 Å². The zero-order valence-corrected chi connectivity index (χ0v) is 21.9. The Labute approximate surface area is 219 Å². The van der Waals surface area contributed by atoms with Crippen molar-refractivity contribution in [3.8, 4) is 11.3 Å². The first-order valence-corrected chi connectivity index (χ1v) is 13.8. The number of hydrogen-bond donors (Lipinski definition) is 1. The highest BCUT2D eigenvalue weighted by Gasteiger charge is 2.31. The van der Waals surface area contributed by atoms with Gasteiger partial charge in [-0.15, -0.1) is 0 Å². The standard InChI is InChI=1S/C24H22BBrClN5O2S/c25-18-14-29-32-23(12-21(30-24(18)32)17-7-1-3-9-20(17)27)28-13-16-6-5-11-31(15-16)35(33,34)22-10-4-2-8-19(22)26/h1-4,7-10,12,14,16,28H,5-6,11,13,15H2. The first-order chi connectivity index (χ1) is 16.8. The van der Waals surface area contributed by atoms with Crippen LogP contribution in [0.3, 0.4) is 0 Å². The van der Waals surface area contributed by atoms with Crippen LogP contribution in [0, 0.1) is 5.92 Å². The highest BCUT2D eigenvalue weighted by molar-refractivity contribution is 9.10. The Kier molecular flexibility index (Phi) is 6.89. The minimum atomic E-state index is -3.59. The predicted octanol–water partition coefficient (Wildman–Crippen LogP) is 4.12. The van der Waals surface area contributed by atoms with Gasteiger partial charge in [0.05, 0.1) is 10.6 Å². The number of halogens is 2. The van der Waals surface area contributed by atoms with Crippen molar-refractivity contribution < 1.29 is 8.42 Å². The molecule has 1 saturated heterocycles. The minimum absolute atomic E-state index is 0.126. The van der Waals surface area contributed by atoms with E-state index in [1.54, 1.807) is 39.3 Å². The van der Waals surface area contributed by atoms with Crippen molar-refractivity contribution in [3.63, 3.8) is 0 Å². The molecule has 2 aromatic heterocycles. The first kappa shape index (κ1) is 24.3. The molecule has 4 aromatic rings. The van der Waals surface area contributed by atoms with Gasteiger partial charge in [-0.2, -0.15) is 13.9 Å². The van der Waals surface area contributed by atoms with Gasteiger partial charge in [-0.05, 0) is 58.4 Å². The molecule has 1 atom stereocenters. The summed E-state index contributed by atoms with van der Waals surface area (Å²) in [5.74, 6) is 0.841. The van der Waals surface area contributed by atoms with E-state index in [0.29, 0.717) is 56.6 Å². The summed E-state index contributed by atoms with van der Waals surface area (Å²) >= 11 is 9.79. The monoisotopic (exact) mass is 569 g/mol. The van der Waals surface area contributed by atoms with Gasteiger partial charge >= 0.3 is 0 Å². The fourth-order valence-corrected chi connectivity index (χ4v) is 7.12. The molecule has 35 heavy (non-hydrogen) atoms. The average molecular weight is 571 g/mol. The topological polar surface area (TPSA) is 79.6 Å². The van der Waals surface area contributed by atoms with Gasteiger partial charge in [0.2, 0.25) is 10.0 Å². The summed E-state index contributed by atoms with van der Waals surface area (Å²) in [6.45, 7) is 1.51. The Morgan fingerprint density at radius 1 is 1.17 bits per heavy atom. The van der Waals surface area contributed by atoms with E-state index in [4.69, 9.17) is 19.4 Å². The van der Waals surface area contributed by atoms with E-state index in [-0.39, 0.29) is 5.92 Å². The molecule has 1 unspecified atom stereocenters. The third kappa shape index (κ3) is 4.85. The van der Waals surface area contributed by atoms with Gasteiger partial charge in [0.1, 0.15) is 13.7 Å². The fraction of sp³-hybridized carbons (Fsp3) is 0.250. The van der Waals surface area contributed by atoms with Crippen LogP contribution in [0.4, 0.5) is 5.82 Å². The van der Waals surface area contributed by atoms with Crippen LogP contribution >= 0.6 is 27.5 Å². The van der Waals surface area contributed by atoms with Crippen molar-refractivity contribution in [2.75, 3.05) is 25.0 Å². The summed E-state index contributed by atoms with van der Waals surface area (Å²) in [7, 11) is 2.53. The smallest absolute Gasteiger partial charge is 0.244 e. The zero-order chi connectivity index (χ0) is 24.6. The van der Waals surface area contributed by atoms with Gasteiger partial charge in [-0.1, -0.05) is 41.9 Å². The number of anilines is 1. The molecule has 7 nitrogen and oxygen atoms in total. The Bertz CT molecular complexity index is 1500. The first-order valence-electron chi connectivity index (χ1n) is 11.2. The Morgan fingerprint density at radius 2 is 1.94 bits per heavy atom. The summed E-state index contributed by atoms with van der Waals surface area (Å²) in [6, 6.07) is 16.3. The number of fused-ring (bicyclic) bond motifs is 1. The molecule has 0 aliphatic carbocycles. The maximum atomic E-state index is 13.3. The largest absolute Gasteiger partial charge is 0.370 e. The Morgan fingerprint density at radius 3 is 2.74 bits per heavy atom. The number of rotatable bonds is 6. The molecule has 3 heterocycles. The van der Waals surface area contributed by atoms with E-state index in [1.807, 2.05) is 30.3 Å². The van der Waals surface area contributed by atoms with Crippen molar-refractivity contribution in [2.24, 2.45) is 5.92 Å². The molecular formula is C24H22BBrClN5O2S. The summed E-state index contributed by atoms with van der Waals surface area (Å²) in [4.78, 5) is 4.96. The lowest BCUT2D eigenvalue weighted by Gasteiger charge is -2.32. The number of nitrogens with one attached hydrogen (secondary N) is 1. The van der Waals surface area contributed by atoms with Crippen molar-refractivity contribution in [2.45, 2.75) is 17.7 Å². The molecule has 5 rings (SSSR count). The van der Waals surface area contributed by atoms with E-state index in [2.05, 4.69) is 31.3 Å². The van der Waals surface area contributed by atoms with Gasteiger partial charge in [-0.25, -0.2) is 13.4 Å². The van der Waals surface area contributed by atoms with Gasteiger partial charge in [0.15, 0.2) is 5.65 Å². The summed E-state index contributed by atoms with van der Waals surface area (Å²) in [5, 5.41) is 8.41. The number of piperidine rings is 1. The molecule has 0 bridgehead atoms. The highest BCUT2D eigenvalue weighted by Crippen LogP contribution is 2.30. The summed E-state index contributed by atoms with van der Waals surface area (Å²) in [6.07, 6.45) is 3.28. The predicted molar refractivity (Wildman–Crippen MR) is 143 cm³/mol.